The largest absolute Gasteiger partial charge is 0.385 e. The molecule has 0 atom stereocenters. The molecule has 1 nitrogen and oxygen atoms in total. The van der Waals surface area contributed by atoms with Crippen molar-refractivity contribution in [3.63, 3.8) is 0 Å². The molecule has 0 aliphatic rings. The molecule has 19 heavy (non-hydrogen) atoms. The van der Waals surface area contributed by atoms with Gasteiger partial charge < -0.3 is 4.74 Å². The van der Waals surface area contributed by atoms with Gasteiger partial charge in [-0.25, -0.2) is 0 Å². The highest BCUT2D eigenvalue weighted by atomic mass is 16.5. The smallest absolute Gasteiger partial charge is 0.0462 e. The first-order chi connectivity index (χ1) is 9.41. The molecular formula is C18H34O. The summed E-state index contributed by atoms with van der Waals surface area (Å²) in [5.41, 5.74) is 0. The second-order valence-corrected chi connectivity index (χ2v) is 5.22. The zero-order valence-corrected chi connectivity index (χ0v) is 13.2. The van der Waals surface area contributed by atoms with Crippen LogP contribution in [0.4, 0.5) is 0 Å². The Balaban J connectivity index is 3.12. The van der Waals surface area contributed by atoms with Crippen LogP contribution in [0.1, 0.15) is 77.6 Å². The lowest BCUT2D eigenvalue weighted by molar-refractivity contribution is 0.192. The van der Waals surface area contributed by atoms with Gasteiger partial charge in [0.1, 0.15) is 0 Å². The van der Waals surface area contributed by atoms with Gasteiger partial charge in [-0.15, -0.1) is 0 Å². The molecule has 0 amide bonds. The topological polar surface area (TPSA) is 9.23 Å². The summed E-state index contributed by atoms with van der Waals surface area (Å²) in [6.07, 6.45) is 23.5. The van der Waals surface area contributed by atoms with E-state index < -0.39 is 0 Å². The van der Waals surface area contributed by atoms with E-state index in [4.69, 9.17) is 4.74 Å². The molecule has 0 saturated carbocycles. The monoisotopic (exact) mass is 266 g/mol. The molecule has 0 aliphatic carbocycles. The SMILES string of the molecule is CCCCCC=CC/C=C\CCCCCCCOC. The van der Waals surface area contributed by atoms with Crippen molar-refractivity contribution >= 4 is 0 Å². The van der Waals surface area contributed by atoms with Crippen LogP contribution in [0, 0.1) is 0 Å². The molecule has 0 aromatic heterocycles. The van der Waals surface area contributed by atoms with Crippen LogP contribution in [0.25, 0.3) is 0 Å². The van der Waals surface area contributed by atoms with E-state index in [2.05, 4.69) is 31.2 Å². The van der Waals surface area contributed by atoms with Crippen LogP contribution in [0.5, 0.6) is 0 Å². The summed E-state index contributed by atoms with van der Waals surface area (Å²) >= 11 is 0. The first-order valence-corrected chi connectivity index (χ1v) is 8.20. The fourth-order valence-corrected chi connectivity index (χ4v) is 2.06. The standard InChI is InChI=1S/C18H34O/c1-3-4-5-6-7-8-9-10-11-12-13-14-15-16-17-18-19-2/h7-8,10-11H,3-6,9,12-18H2,1-2H3/b8-7?,11-10-. The highest BCUT2D eigenvalue weighted by Gasteiger charge is 1.89. The number of ether oxygens (including phenoxy) is 1. The summed E-state index contributed by atoms with van der Waals surface area (Å²) in [6, 6.07) is 0. The Kier molecular flexibility index (Phi) is 16.9. The molecule has 0 fully saturated rings. The van der Waals surface area contributed by atoms with Crippen LogP contribution < -0.4 is 0 Å². The third-order valence-electron chi connectivity index (χ3n) is 3.30. The Bertz CT molecular complexity index is 206. The number of hydrogen-bond acceptors (Lipinski definition) is 1. The lowest BCUT2D eigenvalue weighted by Crippen LogP contribution is -1.87. The average molecular weight is 266 g/mol. The molecule has 0 aromatic carbocycles. The first-order valence-electron chi connectivity index (χ1n) is 8.20. The summed E-state index contributed by atoms with van der Waals surface area (Å²) in [6.45, 7) is 3.18. The van der Waals surface area contributed by atoms with Crippen molar-refractivity contribution in [1.82, 2.24) is 0 Å². The minimum atomic E-state index is 0.921. The maximum atomic E-state index is 5.04. The number of allylic oxidation sites excluding steroid dienone is 4. The molecule has 0 heterocycles. The zero-order chi connectivity index (χ0) is 14.0. The van der Waals surface area contributed by atoms with Gasteiger partial charge in [0, 0.05) is 13.7 Å². The van der Waals surface area contributed by atoms with Crippen LogP contribution in [-0.4, -0.2) is 13.7 Å². The Hall–Kier alpha value is -0.560. The molecule has 112 valence electrons. The van der Waals surface area contributed by atoms with E-state index in [1.807, 2.05) is 0 Å². The molecule has 0 radical (unpaired) electrons. The normalized spacial score (nSPS) is 11.9. The second-order valence-electron chi connectivity index (χ2n) is 5.22. The van der Waals surface area contributed by atoms with Gasteiger partial charge >= 0.3 is 0 Å². The van der Waals surface area contributed by atoms with Crippen molar-refractivity contribution in [2.45, 2.75) is 77.6 Å². The van der Waals surface area contributed by atoms with Gasteiger partial charge in [0.25, 0.3) is 0 Å². The Morgan fingerprint density at radius 1 is 0.684 bits per heavy atom. The highest BCUT2D eigenvalue weighted by molar-refractivity contribution is 4.92. The third-order valence-corrected chi connectivity index (χ3v) is 3.30. The van der Waals surface area contributed by atoms with E-state index in [-0.39, 0.29) is 0 Å². The molecule has 0 rings (SSSR count). The van der Waals surface area contributed by atoms with Gasteiger partial charge in [-0.2, -0.15) is 0 Å². The van der Waals surface area contributed by atoms with Crippen LogP contribution >= 0.6 is 0 Å². The molecule has 1 heteroatoms. The fraction of sp³-hybridized carbons (Fsp3) is 0.778. The van der Waals surface area contributed by atoms with Crippen LogP contribution in [0.3, 0.4) is 0 Å². The molecule has 0 aliphatic heterocycles. The molecule has 0 saturated heterocycles. The van der Waals surface area contributed by atoms with E-state index >= 15 is 0 Å². The van der Waals surface area contributed by atoms with Gasteiger partial charge in [0.2, 0.25) is 0 Å². The molecule has 0 unspecified atom stereocenters. The summed E-state index contributed by atoms with van der Waals surface area (Å²) in [5.74, 6) is 0. The summed E-state index contributed by atoms with van der Waals surface area (Å²) in [4.78, 5) is 0. The van der Waals surface area contributed by atoms with E-state index in [1.165, 1.54) is 64.2 Å². The van der Waals surface area contributed by atoms with Crippen LogP contribution in [0.15, 0.2) is 24.3 Å². The number of methoxy groups -OCH3 is 1. The Labute approximate surface area is 121 Å². The molecule has 0 N–H and O–H groups in total. The number of hydrogen-bond donors (Lipinski definition) is 0. The van der Waals surface area contributed by atoms with Crippen molar-refractivity contribution < 1.29 is 4.74 Å². The maximum absolute atomic E-state index is 5.04. The highest BCUT2D eigenvalue weighted by Crippen LogP contribution is 2.06. The third kappa shape index (κ3) is 17.4. The summed E-state index contributed by atoms with van der Waals surface area (Å²) in [5, 5.41) is 0. The second kappa shape index (κ2) is 17.4. The van der Waals surface area contributed by atoms with Gasteiger partial charge in [0.05, 0.1) is 0 Å². The van der Waals surface area contributed by atoms with E-state index in [1.54, 1.807) is 7.11 Å². The Morgan fingerprint density at radius 3 is 1.89 bits per heavy atom. The van der Waals surface area contributed by atoms with E-state index in [0.717, 1.165) is 13.0 Å². The minimum Gasteiger partial charge on any atom is -0.385 e. The molecule has 0 aromatic rings. The lowest BCUT2D eigenvalue weighted by atomic mass is 10.1. The maximum Gasteiger partial charge on any atom is 0.0462 e. The van der Waals surface area contributed by atoms with Crippen molar-refractivity contribution in [1.29, 1.82) is 0 Å². The quantitative estimate of drug-likeness (QED) is 0.274. The van der Waals surface area contributed by atoms with Crippen LogP contribution in [-0.2, 0) is 4.74 Å². The first kappa shape index (κ1) is 18.4. The van der Waals surface area contributed by atoms with Crippen molar-refractivity contribution in [2.24, 2.45) is 0 Å². The lowest BCUT2D eigenvalue weighted by Gasteiger charge is -1.99. The van der Waals surface area contributed by atoms with E-state index in [9.17, 15) is 0 Å². The van der Waals surface area contributed by atoms with Gasteiger partial charge in [0.15, 0.2) is 0 Å². The molecule has 0 bridgehead atoms. The average Bonchev–Trinajstić information content (AvgIpc) is 2.43. The Morgan fingerprint density at radius 2 is 1.26 bits per heavy atom. The van der Waals surface area contributed by atoms with E-state index in [0.29, 0.717) is 0 Å². The van der Waals surface area contributed by atoms with Gasteiger partial charge in [-0.1, -0.05) is 63.3 Å². The predicted molar refractivity (Wildman–Crippen MR) is 86.6 cm³/mol. The van der Waals surface area contributed by atoms with Crippen molar-refractivity contribution in [3.05, 3.63) is 24.3 Å². The summed E-state index contributed by atoms with van der Waals surface area (Å²) < 4.78 is 5.04. The predicted octanol–water partition coefficient (Wildman–Crippen LogP) is 6.06. The van der Waals surface area contributed by atoms with Crippen molar-refractivity contribution in [3.8, 4) is 0 Å². The van der Waals surface area contributed by atoms with Gasteiger partial charge in [-0.05, 0) is 38.5 Å². The fourth-order valence-electron chi connectivity index (χ4n) is 2.06. The molecule has 0 spiro atoms. The van der Waals surface area contributed by atoms with Crippen LogP contribution in [0.2, 0.25) is 0 Å². The zero-order valence-electron chi connectivity index (χ0n) is 13.2. The molecular weight excluding hydrogens is 232 g/mol. The summed E-state index contributed by atoms with van der Waals surface area (Å²) in [7, 11) is 1.78. The minimum absolute atomic E-state index is 0.921. The van der Waals surface area contributed by atoms with Crippen molar-refractivity contribution in [2.75, 3.05) is 13.7 Å². The van der Waals surface area contributed by atoms with Gasteiger partial charge in [-0.3, -0.25) is 0 Å². The number of unbranched alkanes of at least 4 members (excludes halogenated alkanes) is 8. The number of rotatable bonds is 14.